The number of hydrogen-bond donors (Lipinski definition) is 2. The van der Waals surface area contributed by atoms with Gasteiger partial charge in [0.1, 0.15) is 0 Å². The Labute approximate surface area is 81.7 Å². The van der Waals surface area contributed by atoms with E-state index < -0.39 is 0 Å². The lowest BCUT2D eigenvalue weighted by Gasteiger charge is -2.48. The van der Waals surface area contributed by atoms with Gasteiger partial charge in [-0.1, -0.05) is 13.8 Å². The van der Waals surface area contributed by atoms with Crippen LogP contribution in [0.5, 0.6) is 0 Å². The lowest BCUT2D eigenvalue weighted by Crippen LogP contribution is -2.61. The number of piperidine rings is 1. The summed E-state index contributed by atoms with van der Waals surface area (Å²) >= 11 is 0. The summed E-state index contributed by atoms with van der Waals surface area (Å²) in [6.07, 6.45) is 3.85. The van der Waals surface area contributed by atoms with Crippen LogP contribution in [0.4, 0.5) is 0 Å². The van der Waals surface area contributed by atoms with E-state index in [0.29, 0.717) is 0 Å². The molecule has 0 aromatic carbocycles. The van der Waals surface area contributed by atoms with Crippen LogP contribution in [0.2, 0.25) is 0 Å². The van der Waals surface area contributed by atoms with Gasteiger partial charge in [0, 0.05) is 11.1 Å². The smallest absolute Gasteiger partial charge is 0.0575 e. The highest BCUT2D eigenvalue weighted by Crippen LogP contribution is 2.33. The minimum Gasteiger partial charge on any atom is -0.393 e. The van der Waals surface area contributed by atoms with Crippen LogP contribution in [0.15, 0.2) is 0 Å². The average Bonchev–Trinajstić information content (AvgIpc) is 2.00. The Bertz CT molecular complexity index is 173. The van der Waals surface area contributed by atoms with E-state index >= 15 is 0 Å². The van der Waals surface area contributed by atoms with Crippen molar-refractivity contribution >= 4 is 0 Å². The van der Waals surface area contributed by atoms with Gasteiger partial charge < -0.3 is 10.4 Å². The van der Waals surface area contributed by atoms with Gasteiger partial charge in [-0.25, -0.2) is 0 Å². The zero-order valence-corrected chi connectivity index (χ0v) is 9.35. The molecule has 1 aliphatic heterocycles. The van der Waals surface area contributed by atoms with Gasteiger partial charge in [0.05, 0.1) is 6.10 Å². The largest absolute Gasteiger partial charge is 0.393 e. The highest BCUT2D eigenvalue weighted by atomic mass is 16.3. The third-order valence-electron chi connectivity index (χ3n) is 3.33. The lowest BCUT2D eigenvalue weighted by molar-refractivity contribution is 0.0220. The summed E-state index contributed by atoms with van der Waals surface area (Å²) in [6, 6.07) is 0. The molecule has 0 amide bonds. The van der Waals surface area contributed by atoms with Gasteiger partial charge in [0.15, 0.2) is 0 Å². The second-order valence-electron chi connectivity index (χ2n) is 5.06. The lowest BCUT2D eigenvalue weighted by atomic mass is 9.76. The minimum absolute atomic E-state index is 0.0870. The van der Waals surface area contributed by atoms with Crippen LogP contribution in [-0.2, 0) is 0 Å². The van der Waals surface area contributed by atoms with E-state index in [0.717, 1.165) is 25.7 Å². The number of aliphatic hydroxyl groups is 1. The first-order valence-corrected chi connectivity index (χ1v) is 5.40. The molecule has 1 rings (SSSR count). The Balaban J connectivity index is 2.76. The zero-order chi connectivity index (χ0) is 10.1. The zero-order valence-electron chi connectivity index (χ0n) is 9.35. The molecule has 1 aliphatic rings. The number of aliphatic hydroxyl groups excluding tert-OH is 1. The van der Waals surface area contributed by atoms with E-state index in [1.807, 2.05) is 0 Å². The van der Waals surface area contributed by atoms with Crippen molar-refractivity contribution in [2.45, 2.75) is 70.6 Å². The Hall–Kier alpha value is -0.0800. The molecule has 0 aromatic rings. The molecule has 78 valence electrons. The van der Waals surface area contributed by atoms with E-state index in [9.17, 15) is 5.11 Å². The van der Waals surface area contributed by atoms with Crippen molar-refractivity contribution in [3.8, 4) is 0 Å². The van der Waals surface area contributed by atoms with E-state index in [2.05, 4.69) is 33.0 Å². The summed E-state index contributed by atoms with van der Waals surface area (Å²) < 4.78 is 0. The van der Waals surface area contributed by atoms with Crippen molar-refractivity contribution in [3.63, 3.8) is 0 Å². The normalized spacial score (nSPS) is 31.6. The summed E-state index contributed by atoms with van der Waals surface area (Å²) in [7, 11) is 0. The van der Waals surface area contributed by atoms with Crippen LogP contribution in [0, 0.1) is 0 Å². The Morgan fingerprint density at radius 2 is 1.77 bits per heavy atom. The van der Waals surface area contributed by atoms with Crippen LogP contribution in [-0.4, -0.2) is 22.3 Å². The maximum Gasteiger partial charge on any atom is 0.0575 e. The SMILES string of the molecule is CCC1(CC)CC(O)CC(C)(C)N1. The Morgan fingerprint density at radius 1 is 1.23 bits per heavy atom. The molecule has 2 nitrogen and oxygen atoms in total. The molecule has 1 fully saturated rings. The summed E-state index contributed by atoms with van der Waals surface area (Å²) in [6.45, 7) is 8.75. The molecule has 0 saturated carbocycles. The fourth-order valence-corrected chi connectivity index (χ4v) is 2.65. The van der Waals surface area contributed by atoms with Crippen molar-refractivity contribution in [3.05, 3.63) is 0 Å². The van der Waals surface area contributed by atoms with Crippen molar-refractivity contribution in [2.75, 3.05) is 0 Å². The second kappa shape index (κ2) is 3.58. The number of rotatable bonds is 2. The Kier molecular flexibility index (Phi) is 3.03. The quantitative estimate of drug-likeness (QED) is 0.690. The minimum atomic E-state index is -0.129. The van der Waals surface area contributed by atoms with Crippen molar-refractivity contribution in [2.24, 2.45) is 0 Å². The molecule has 13 heavy (non-hydrogen) atoms. The first-order chi connectivity index (χ1) is 5.93. The van der Waals surface area contributed by atoms with Crippen molar-refractivity contribution in [1.82, 2.24) is 5.32 Å². The van der Waals surface area contributed by atoms with Crippen molar-refractivity contribution < 1.29 is 5.11 Å². The third kappa shape index (κ3) is 2.44. The standard InChI is InChI=1S/C11H23NO/c1-5-11(6-2)8-9(13)7-10(3,4)12-11/h9,12-13H,5-8H2,1-4H3. The maximum atomic E-state index is 9.80. The van der Waals surface area contributed by atoms with Gasteiger partial charge in [-0.05, 0) is 39.5 Å². The molecule has 0 radical (unpaired) electrons. The molecule has 0 aromatic heterocycles. The maximum absolute atomic E-state index is 9.80. The number of hydrogen-bond acceptors (Lipinski definition) is 2. The van der Waals surface area contributed by atoms with E-state index in [-0.39, 0.29) is 17.2 Å². The second-order valence-corrected chi connectivity index (χ2v) is 5.06. The molecule has 1 atom stereocenters. The fourth-order valence-electron chi connectivity index (χ4n) is 2.65. The molecule has 2 N–H and O–H groups in total. The molecule has 0 spiro atoms. The topological polar surface area (TPSA) is 32.3 Å². The fraction of sp³-hybridized carbons (Fsp3) is 1.00. The number of nitrogens with one attached hydrogen (secondary N) is 1. The molecular formula is C11H23NO. The van der Waals surface area contributed by atoms with Crippen LogP contribution >= 0.6 is 0 Å². The highest BCUT2D eigenvalue weighted by molar-refractivity contribution is 5.00. The predicted octanol–water partition coefficient (Wildman–Crippen LogP) is 2.07. The van der Waals surface area contributed by atoms with Crippen LogP contribution in [0.3, 0.4) is 0 Å². The van der Waals surface area contributed by atoms with E-state index in [4.69, 9.17) is 0 Å². The average molecular weight is 185 g/mol. The first kappa shape index (κ1) is 11.0. The molecule has 1 saturated heterocycles. The summed E-state index contributed by atoms with van der Waals surface area (Å²) in [4.78, 5) is 0. The predicted molar refractivity (Wildman–Crippen MR) is 55.8 cm³/mol. The van der Waals surface area contributed by atoms with Gasteiger partial charge in [-0.2, -0.15) is 0 Å². The van der Waals surface area contributed by atoms with Gasteiger partial charge in [-0.15, -0.1) is 0 Å². The molecule has 1 unspecified atom stereocenters. The third-order valence-corrected chi connectivity index (χ3v) is 3.33. The Morgan fingerprint density at radius 3 is 2.15 bits per heavy atom. The van der Waals surface area contributed by atoms with Crippen LogP contribution in [0.25, 0.3) is 0 Å². The van der Waals surface area contributed by atoms with Gasteiger partial charge >= 0.3 is 0 Å². The van der Waals surface area contributed by atoms with Crippen LogP contribution < -0.4 is 5.32 Å². The molecular weight excluding hydrogens is 162 g/mol. The van der Waals surface area contributed by atoms with Crippen molar-refractivity contribution in [1.29, 1.82) is 0 Å². The van der Waals surface area contributed by atoms with E-state index in [1.54, 1.807) is 0 Å². The van der Waals surface area contributed by atoms with Crippen LogP contribution in [0.1, 0.15) is 53.4 Å². The monoisotopic (exact) mass is 185 g/mol. The first-order valence-electron chi connectivity index (χ1n) is 5.40. The van der Waals surface area contributed by atoms with E-state index in [1.165, 1.54) is 0 Å². The molecule has 1 heterocycles. The highest BCUT2D eigenvalue weighted by Gasteiger charge is 2.40. The summed E-state index contributed by atoms with van der Waals surface area (Å²) in [5.74, 6) is 0. The van der Waals surface area contributed by atoms with Gasteiger partial charge in [-0.3, -0.25) is 0 Å². The van der Waals surface area contributed by atoms with Gasteiger partial charge in [0.25, 0.3) is 0 Å². The van der Waals surface area contributed by atoms with Gasteiger partial charge in [0.2, 0.25) is 0 Å². The summed E-state index contributed by atoms with van der Waals surface area (Å²) in [5, 5.41) is 13.5. The summed E-state index contributed by atoms with van der Waals surface area (Å²) in [5.41, 5.74) is 0.255. The molecule has 2 heteroatoms. The molecule has 0 aliphatic carbocycles. The molecule has 0 bridgehead atoms.